The van der Waals surface area contributed by atoms with Gasteiger partial charge in [0.15, 0.2) is 0 Å². The minimum Gasteiger partial charge on any atom is -0.462 e. The van der Waals surface area contributed by atoms with Crippen LogP contribution in [-0.2, 0) is 4.74 Å². The van der Waals surface area contributed by atoms with Crippen molar-refractivity contribution in [3.8, 4) is 11.9 Å². The molecule has 108 valence electrons. The number of nitrogens with zero attached hydrogens (tertiary/aromatic N) is 3. The summed E-state index contributed by atoms with van der Waals surface area (Å²) < 4.78 is 6.77. The van der Waals surface area contributed by atoms with E-state index in [2.05, 4.69) is 11.1 Å². The van der Waals surface area contributed by atoms with Gasteiger partial charge in [-0.25, -0.2) is 9.78 Å². The highest BCUT2D eigenvalue weighted by Gasteiger charge is 2.11. The van der Waals surface area contributed by atoms with E-state index in [0.29, 0.717) is 23.6 Å². The lowest BCUT2D eigenvalue weighted by molar-refractivity contribution is 0.0526. The van der Waals surface area contributed by atoms with Crippen molar-refractivity contribution in [3.05, 3.63) is 59.9 Å². The molecule has 1 aromatic carbocycles. The molecule has 0 fully saturated rings. The van der Waals surface area contributed by atoms with Gasteiger partial charge in [0.2, 0.25) is 0 Å². The average molecular weight is 291 g/mol. The van der Waals surface area contributed by atoms with Crippen LogP contribution in [0, 0.1) is 11.3 Å². The van der Waals surface area contributed by atoms with Crippen LogP contribution in [0.1, 0.15) is 22.8 Å². The topological polar surface area (TPSA) is 67.9 Å². The minimum absolute atomic E-state index is 0.328. The van der Waals surface area contributed by atoms with Crippen LogP contribution < -0.4 is 0 Å². The summed E-state index contributed by atoms with van der Waals surface area (Å²) in [5.41, 5.74) is 1.89. The van der Waals surface area contributed by atoms with Crippen molar-refractivity contribution in [1.82, 2.24) is 9.55 Å². The Hall–Kier alpha value is -3.13. The number of ether oxygens (including phenoxy) is 1. The summed E-state index contributed by atoms with van der Waals surface area (Å²) in [4.78, 5) is 15.9. The fourth-order valence-electron chi connectivity index (χ4n) is 2.32. The normalized spacial score (nSPS) is 10.4. The van der Waals surface area contributed by atoms with Crippen LogP contribution in [0.2, 0.25) is 0 Å². The summed E-state index contributed by atoms with van der Waals surface area (Å²) in [7, 11) is 0. The number of rotatable bonds is 3. The van der Waals surface area contributed by atoms with E-state index in [1.807, 2.05) is 28.8 Å². The highest BCUT2D eigenvalue weighted by molar-refractivity contribution is 5.90. The number of carbonyl (C=O) groups excluding carboxylic acids is 1. The highest BCUT2D eigenvalue weighted by Crippen LogP contribution is 2.23. The summed E-state index contributed by atoms with van der Waals surface area (Å²) in [5.74, 6) is 0.252. The molecule has 5 nitrogen and oxygen atoms in total. The number of nitriles is 1. The molecule has 0 amide bonds. The molecule has 0 spiro atoms. The van der Waals surface area contributed by atoms with Crippen LogP contribution >= 0.6 is 0 Å². The van der Waals surface area contributed by atoms with Crippen LogP contribution in [0.25, 0.3) is 16.7 Å². The third kappa shape index (κ3) is 2.31. The lowest BCUT2D eigenvalue weighted by atomic mass is 10.2. The van der Waals surface area contributed by atoms with Crippen molar-refractivity contribution in [2.75, 3.05) is 6.61 Å². The van der Waals surface area contributed by atoms with Gasteiger partial charge in [0.25, 0.3) is 0 Å². The molecule has 3 rings (SSSR count). The molecule has 0 saturated carbocycles. The Morgan fingerprint density at radius 3 is 2.82 bits per heavy atom. The first-order valence-electron chi connectivity index (χ1n) is 6.88. The van der Waals surface area contributed by atoms with Gasteiger partial charge in [0, 0.05) is 17.8 Å². The molecule has 0 bridgehead atoms. The molecule has 0 aliphatic heterocycles. The fourth-order valence-corrected chi connectivity index (χ4v) is 2.32. The maximum absolute atomic E-state index is 11.6. The standard InChI is InChI=1S/C17H13N3O2/c1-2-22-17(21)12-7-8-16(19-10-12)20-11-13(9-18)14-5-3-4-6-15(14)20/h3-8,10-11H,2H2,1H3. The number of esters is 1. The van der Waals surface area contributed by atoms with Gasteiger partial charge in [-0.1, -0.05) is 18.2 Å². The average Bonchev–Trinajstić information content (AvgIpc) is 2.94. The largest absolute Gasteiger partial charge is 0.462 e. The Kier molecular flexibility index (Phi) is 3.58. The van der Waals surface area contributed by atoms with Crippen molar-refractivity contribution in [2.45, 2.75) is 6.92 Å². The zero-order valence-corrected chi connectivity index (χ0v) is 12.0. The summed E-state index contributed by atoms with van der Waals surface area (Å²) in [6, 6.07) is 13.2. The maximum Gasteiger partial charge on any atom is 0.339 e. The van der Waals surface area contributed by atoms with Gasteiger partial charge in [0.05, 0.1) is 23.3 Å². The zero-order chi connectivity index (χ0) is 15.5. The second-order valence-electron chi connectivity index (χ2n) is 4.67. The Morgan fingerprint density at radius 2 is 2.14 bits per heavy atom. The Labute approximate surface area is 127 Å². The summed E-state index contributed by atoms with van der Waals surface area (Å²) in [6.07, 6.45) is 3.23. The highest BCUT2D eigenvalue weighted by atomic mass is 16.5. The predicted molar refractivity (Wildman–Crippen MR) is 81.7 cm³/mol. The third-order valence-corrected chi connectivity index (χ3v) is 3.34. The molecule has 0 aliphatic rings. The number of carbonyl (C=O) groups is 1. The van der Waals surface area contributed by atoms with E-state index in [0.717, 1.165) is 10.9 Å². The van der Waals surface area contributed by atoms with Gasteiger partial charge in [-0.15, -0.1) is 0 Å². The van der Waals surface area contributed by atoms with Crippen LogP contribution in [0.3, 0.4) is 0 Å². The van der Waals surface area contributed by atoms with Gasteiger partial charge < -0.3 is 4.74 Å². The van der Waals surface area contributed by atoms with Crippen molar-refractivity contribution in [2.24, 2.45) is 0 Å². The van der Waals surface area contributed by atoms with Crippen LogP contribution in [-0.4, -0.2) is 22.1 Å². The van der Waals surface area contributed by atoms with E-state index in [4.69, 9.17) is 4.74 Å². The first-order chi connectivity index (χ1) is 10.7. The van der Waals surface area contributed by atoms with Gasteiger partial charge in [0.1, 0.15) is 11.9 Å². The minimum atomic E-state index is -0.392. The summed E-state index contributed by atoms with van der Waals surface area (Å²) >= 11 is 0. The van der Waals surface area contributed by atoms with Crippen molar-refractivity contribution in [1.29, 1.82) is 5.26 Å². The smallest absolute Gasteiger partial charge is 0.339 e. The molecular weight excluding hydrogens is 278 g/mol. The van der Waals surface area contributed by atoms with E-state index >= 15 is 0 Å². The maximum atomic E-state index is 11.6. The number of hydrogen-bond acceptors (Lipinski definition) is 4. The van der Waals surface area contributed by atoms with Crippen LogP contribution in [0.4, 0.5) is 0 Å². The molecule has 3 aromatic rings. The van der Waals surface area contributed by atoms with E-state index in [1.165, 1.54) is 6.20 Å². The molecule has 0 aliphatic carbocycles. The molecule has 0 saturated heterocycles. The molecule has 2 aromatic heterocycles. The van der Waals surface area contributed by atoms with Crippen molar-refractivity contribution < 1.29 is 9.53 Å². The number of pyridine rings is 1. The van der Waals surface area contributed by atoms with Crippen LogP contribution in [0.5, 0.6) is 0 Å². The van der Waals surface area contributed by atoms with Crippen molar-refractivity contribution in [3.63, 3.8) is 0 Å². The number of benzene rings is 1. The van der Waals surface area contributed by atoms with Gasteiger partial charge in [-0.05, 0) is 25.1 Å². The van der Waals surface area contributed by atoms with Gasteiger partial charge in [-0.3, -0.25) is 4.57 Å². The lowest BCUT2D eigenvalue weighted by Crippen LogP contribution is -2.06. The predicted octanol–water partition coefficient (Wildman–Crippen LogP) is 3.07. The van der Waals surface area contributed by atoms with Crippen LogP contribution in [0.15, 0.2) is 48.8 Å². The Balaban J connectivity index is 2.05. The molecule has 0 unspecified atom stereocenters. The molecule has 0 N–H and O–H groups in total. The zero-order valence-electron chi connectivity index (χ0n) is 12.0. The number of hydrogen-bond donors (Lipinski definition) is 0. The lowest BCUT2D eigenvalue weighted by Gasteiger charge is -2.05. The number of aromatic nitrogens is 2. The molecule has 0 atom stereocenters. The Morgan fingerprint density at radius 1 is 1.32 bits per heavy atom. The van der Waals surface area contributed by atoms with Gasteiger partial charge >= 0.3 is 5.97 Å². The van der Waals surface area contributed by atoms with Gasteiger partial charge in [-0.2, -0.15) is 5.26 Å². The van der Waals surface area contributed by atoms with E-state index in [9.17, 15) is 10.1 Å². The molecular formula is C17H13N3O2. The molecule has 5 heteroatoms. The van der Waals surface area contributed by atoms with E-state index in [1.54, 1.807) is 25.3 Å². The summed E-state index contributed by atoms with van der Waals surface area (Å²) in [5, 5.41) is 10.1. The van der Waals surface area contributed by atoms with E-state index < -0.39 is 5.97 Å². The second-order valence-corrected chi connectivity index (χ2v) is 4.67. The number of fused-ring (bicyclic) bond motifs is 1. The monoisotopic (exact) mass is 291 g/mol. The molecule has 2 heterocycles. The fraction of sp³-hybridized carbons (Fsp3) is 0.118. The first-order valence-corrected chi connectivity index (χ1v) is 6.88. The Bertz CT molecular complexity index is 873. The number of para-hydroxylation sites is 1. The molecule has 22 heavy (non-hydrogen) atoms. The molecule has 0 radical (unpaired) electrons. The first kappa shape index (κ1) is 13.8. The SMILES string of the molecule is CCOC(=O)c1ccc(-n2cc(C#N)c3ccccc32)nc1. The van der Waals surface area contributed by atoms with E-state index in [-0.39, 0.29) is 0 Å². The second kappa shape index (κ2) is 5.70. The quantitative estimate of drug-likeness (QED) is 0.695. The summed E-state index contributed by atoms with van der Waals surface area (Å²) in [6.45, 7) is 2.09. The van der Waals surface area contributed by atoms with Crippen molar-refractivity contribution >= 4 is 16.9 Å². The third-order valence-electron chi connectivity index (χ3n) is 3.34.